The van der Waals surface area contributed by atoms with E-state index in [1.165, 1.54) is 47.3 Å². The van der Waals surface area contributed by atoms with E-state index < -0.39 is 0 Å². The summed E-state index contributed by atoms with van der Waals surface area (Å²) >= 11 is 13.6. The average Bonchev–Trinajstić information content (AvgIpc) is 3.38. The van der Waals surface area contributed by atoms with Gasteiger partial charge < -0.3 is 10.1 Å². The van der Waals surface area contributed by atoms with Crippen molar-refractivity contribution < 1.29 is 14.3 Å². The van der Waals surface area contributed by atoms with Gasteiger partial charge in [-0.2, -0.15) is 0 Å². The quantitative estimate of drug-likeness (QED) is 0.266. The van der Waals surface area contributed by atoms with E-state index in [1.807, 2.05) is 30.3 Å². The van der Waals surface area contributed by atoms with Gasteiger partial charge in [-0.05, 0) is 49.5 Å². The maximum Gasteiger partial charge on any atom is 0.266 e. The Morgan fingerprint density at radius 1 is 1.24 bits per heavy atom. The largest absolute Gasteiger partial charge is 0.490 e. The van der Waals surface area contributed by atoms with Gasteiger partial charge in [-0.1, -0.05) is 53.9 Å². The zero-order valence-electron chi connectivity index (χ0n) is 18.5. The number of rotatable bonds is 9. The van der Waals surface area contributed by atoms with Crippen molar-refractivity contribution >= 4 is 74.3 Å². The third-order valence-corrected chi connectivity index (χ3v) is 7.96. The zero-order chi connectivity index (χ0) is 23.9. The topological polar surface area (TPSA) is 84.4 Å². The Bertz CT molecular complexity index is 1070. The predicted molar refractivity (Wildman–Crippen MR) is 141 cm³/mol. The second-order valence-corrected chi connectivity index (χ2v) is 11.1. The number of alkyl halides is 1. The molecule has 0 spiro atoms. The smallest absolute Gasteiger partial charge is 0.266 e. The maximum absolute atomic E-state index is 12.9. The van der Waals surface area contributed by atoms with Crippen molar-refractivity contribution in [1.29, 1.82) is 0 Å². The van der Waals surface area contributed by atoms with E-state index in [-0.39, 0.29) is 24.8 Å². The Kier molecular flexibility index (Phi) is 8.93. The standard InChI is InChI=1S/C23H25ClN4O3S3/c24-12-10-20-26-27-22(34-20)25-19(29)11-13-28-21(30)18(33-23(28)32)14-15-6-8-17(9-7-15)31-16-4-2-1-3-5-16/h6-9,14,16H,1-5,10-13H2,(H,25,27,29)/b18-14-. The Labute approximate surface area is 217 Å². The number of thiocarbonyl (C=S) groups is 1. The number of hydrogen-bond donors (Lipinski definition) is 1. The molecule has 1 saturated carbocycles. The van der Waals surface area contributed by atoms with Gasteiger partial charge in [0.1, 0.15) is 15.1 Å². The number of nitrogens with zero attached hydrogens (tertiary/aromatic N) is 3. The number of aryl methyl sites for hydroxylation is 1. The summed E-state index contributed by atoms with van der Waals surface area (Å²) < 4.78 is 6.52. The maximum atomic E-state index is 12.9. The van der Waals surface area contributed by atoms with Crippen molar-refractivity contribution in [3.63, 3.8) is 0 Å². The molecule has 2 aliphatic rings. The molecule has 11 heteroatoms. The molecule has 2 fully saturated rings. The van der Waals surface area contributed by atoms with Crippen LogP contribution in [0.15, 0.2) is 29.2 Å². The fraction of sp³-hybridized carbons (Fsp3) is 0.435. The van der Waals surface area contributed by atoms with Gasteiger partial charge in [0.05, 0.1) is 11.0 Å². The number of aromatic nitrogens is 2. The number of carbonyl (C=O) groups is 2. The molecule has 0 radical (unpaired) electrons. The average molecular weight is 537 g/mol. The van der Waals surface area contributed by atoms with Crippen LogP contribution in [0, 0.1) is 0 Å². The molecular formula is C23H25ClN4O3S3. The summed E-state index contributed by atoms with van der Waals surface area (Å²) in [5, 5.41) is 11.8. The van der Waals surface area contributed by atoms with Crippen LogP contribution < -0.4 is 10.1 Å². The lowest BCUT2D eigenvalue weighted by Gasteiger charge is -2.22. The van der Waals surface area contributed by atoms with Gasteiger partial charge in [0, 0.05) is 25.3 Å². The monoisotopic (exact) mass is 536 g/mol. The molecule has 7 nitrogen and oxygen atoms in total. The van der Waals surface area contributed by atoms with E-state index in [2.05, 4.69) is 15.5 Å². The van der Waals surface area contributed by atoms with Gasteiger partial charge in [0.15, 0.2) is 0 Å². The number of halogens is 1. The molecule has 0 bridgehead atoms. The molecule has 4 rings (SSSR count). The van der Waals surface area contributed by atoms with E-state index in [0.29, 0.717) is 32.8 Å². The van der Waals surface area contributed by atoms with E-state index in [0.717, 1.165) is 29.2 Å². The number of anilines is 1. The SMILES string of the molecule is O=C(CCN1C(=O)/C(=C/c2ccc(OC3CCCCC3)cc2)SC1=S)Nc1nnc(CCCl)s1. The molecule has 34 heavy (non-hydrogen) atoms. The molecule has 180 valence electrons. The Hall–Kier alpha value is -2.01. The highest BCUT2D eigenvalue weighted by Gasteiger charge is 2.32. The van der Waals surface area contributed by atoms with Gasteiger partial charge in [0.25, 0.3) is 5.91 Å². The summed E-state index contributed by atoms with van der Waals surface area (Å²) in [6, 6.07) is 7.77. The first kappa shape index (κ1) is 25.1. The predicted octanol–water partition coefficient (Wildman–Crippen LogP) is 5.26. The zero-order valence-corrected chi connectivity index (χ0v) is 21.7. The van der Waals surface area contributed by atoms with Crippen LogP contribution in [0.3, 0.4) is 0 Å². The first-order chi connectivity index (χ1) is 16.5. The Balaban J connectivity index is 1.29. The summed E-state index contributed by atoms with van der Waals surface area (Å²) in [5.74, 6) is 0.863. The van der Waals surface area contributed by atoms with Crippen molar-refractivity contribution in [2.75, 3.05) is 17.7 Å². The first-order valence-corrected chi connectivity index (χ1v) is 13.8. The lowest BCUT2D eigenvalue weighted by atomic mass is 9.98. The molecule has 1 N–H and O–H groups in total. The molecule has 1 aromatic heterocycles. The molecule has 1 aliphatic carbocycles. The number of thioether (sulfide) groups is 1. The molecule has 2 amide bonds. The van der Waals surface area contributed by atoms with Crippen LogP contribution in [0.4, 0.5) is 5.13 Å². The van der Waals surface area contributed by atoms with E-state index in [9.17, 15) is 9.59 Å². The van der Waals surface area contributed by atoms with Crippen LogP contribution in [0.1, 0.15) is 49.1 Å². The first-order valence-electron chi connectivity index (χ1n) is 11.2. The van der Waals surface area contributed by atoms with Crippen molar-refractivity contribution in [3.05, 3.63) is 39.7 Å². The van der Waals surface area contributed by atoms with Gasteiger partial charge in [-0.25, -0.2) is 0 Å². The molecule has 0 atom stereocenters. The van der Waals surface area contributed by atoms with Crippen LogP contribution in [0.25, 0.3) is 6.08 Å². The highest BCUT2D eigenvalue weighted by atomic mass is 35.5. The van der Waals surface area contributed by atoms with Crippen molar-refractivity contribution in [2.24, 2.45) is 0 Å². The van der Waals surface area contributed by atoms with Crippen molar-refractivity contribution in [2.45, 2.75) is 51.0 Å². The van der Waals surface area contributed by atoms with E-state index in [4.69, 9.17) is 28.6 Å². The summed E-state index contributed by atoms with van der Waals surface area (Å²) in [7, 11) is 0. The number of carbonyl (C=O) groups excluding carboxylic acids is 2. The molecule has 2 heterocycles. The van der Waals surface area contributed by atoms with E-state index >= 15 is 0 Å². The van der Waals surface area contributed by atoms with Crippen LogP contribution >= 0.6 is 46.9 Å². The number of benzene rings is 1. The van der Waals surface area contributed by atoms with Crippen LogP contribution in [0.2, 0.25) is 0 Å². The molecule has 0 unspecified atom stereocenters. The minimum Gasteiger partial charge on any atom is -0.490 e. The van der Waals surface area contributed by atoms with Gasteiger partial charge in [-0.3, -0.25) is 14.5 Å². The summed E-state index contributed by atoms with van der Waals surface area (Å²) in [6.45, 7) is 0.204. The molecule has 2 aromatic rings. The van der Waals surface area contributed by atoms with Crippen LogP contribution in [0.5, 0.6) is 5.75 Å². The molecule has 1 aliphatic heterocycles. The lowest BCUT2D eigenvalue weighted by Crippen LogP contribution is -2.31. The Morgan fingerprint density at radius 2 is 2.00 bits per heavy atom. The van der Waals surface area contributed by atoms with Gasteiger partial charge >= 0.3 is 0 Å². The molecular weight excluding hydrogens is 512 g/mol. The number of hydrogen-bond acceptors (Lipinski definition) is 8. The van der Waals surface area contributed by atoms with E-state index in [1.54, 1.807) is 0 Å². The van der Waals surface area contributed by atoms with Gasteiger partial charge in [0.2, 0.25) is 11.0 Å². The lowest BCUT2D eigenvalue weighted by molar-refractivity contribution is -0.122. The summed E-state index contributed by atoms with van der Waals surface area (Å²) in [4.78, 5) is 27.1. The third-order valence-electron chi connectivity index (χ3n) is 5.49. The molecule has 1 saturated heterocycles. The fourth-order valence-corrected chi connectivity index (χ4v) is 6.10. The van der Waals surface area contributed by atoms with Crippen molar-refractivity contribution in [1.82, 2.24) is 15.1 Å². The minimum atomic E-state index is -0.250. The van der Waals surface area contributed by atoms with Crippen LogP contribution in [-0.2, 0) is 16.0 Å². The minimum absolute atomic E-state index is 0.108. The number of ether oxygens (including phenoxy) is 1. The Morgan fingerprint density at radius 3 is 2.74 bits per heavy atom. The number of amides is 2. The van der Waals surface area contributed by atoms with Gasteiger partial charge in [-0.15, -0.1) is 21.8 Å². The number of nitrogens with one attached hydrogen (secondary N) is 1. The normalized spacial score (nSPS) is 18.0. The fourth-order valence-electron chi connectivity index (χ4n) is 3.74. The summed E-state index contributed by atoms with van der Waals surface area (Å²) in [6.07, 6.45) is 8.80. The third kappa shape index (κ3) is 6.78. The van der Waals surface area contributed by atoms with Crippen LogP contribution in [-0.4, -0.2) is 49.8 Å². The second-order valence-electron chi connectivity index (χ2n) is 8.02. The highest BCUT2D eigenvalue weighted by molar-refractivity contribution is 8.26. The molecule has 1 aromatic carbocycles. The highest BCUT2D eigenvalue weighted by Crippen LogP contribution is 2.33. The second kappa shape index (κ2) is 12.1. The summed E-state index contributed by atoms with van der Waals surface area (Å²) in [5.41, 5.74) is 0.901. The van der Waals surface area contributed by atoms with Crippen molar-refractivity contribution in [3.8, 4) is 5.75 Å².